The molecule has 19 heavy (non-hydrogen) atoms. The summed E-state index contributed by atoms with van der Waals surface area (Å²) in [6.45, 7) is 1.57. The van der Waals surface area contributed by atoms with Crippen LogP contribution in [0.2, 0.25) is 5.02 Å². The molecule has 2 aromatic rings. The minimum atomic E-state index is -0.988. The molecule has 0 N–H and O–H groups in total. The highest BCUT2D eigenvalue weighted by atomic mass is 35.5. The zero-order valence-corrected chi connectivity index (χ0v) is 11.4. The molecule has 2 aromatic carbocycles. The average Bonchev–Trinajstić information content (AvgIpc) is 2.36. The lowest BCUT2D eigenvalue weighted by Gasteiger charge is -2.13. The Morgan fingerprint density at radius 3 is 2.26 bits per heavy atom. The van der Waals surface area contributed by atoms with Gasteiger partial charge < -0.3 is 0 Å². The minimum absolute atomic E-state index is 0.146. The van der Waals surface area contributed by atoms with E-state index in [0.29, 0.717) is 16.7 Å². The van der Waals surface area contributed by atoms with Gasteiger partial charge in [-0.25, -0.2) is 13.2 Å². The molecule has 0 aliphatic rings. The van der Waals surface area contributed by atoms with Crippen LogP contribution >= 0.6 is 23.2 Å². The fourth-order valence-electron chi connectivity index (χ4n) is 1.72. The van der Waals surface area contributed by atoms with Crippen LogP contribution in [0.4, 0.5) is 13.2 Å². The molecule has 0 radical (unpaired) electrons. The molecule has 0 bridgehead atoms. The Labute approximate surface area is 118 Å². The largest absolute Gasteiger partial charge is 0.207 e. The van der Waals surface area contributed by atoms with Crippen LogP contribution in [0.3, 0.4) is 0 Å². The van der Waals surface area contributed by atoms with Crippen LogP contribution in [-0.4, -0.2) is 0 Å². The van der Waals surface area contributed by atoms with E-state index in [1.807, 2.05) is 0 Å². The van der Waals surface area contributed by atoms with E-state index in [0.717, 1.165) is 18.2 Å². The molecule has 0 saturated carbocycles. The third-order valence-corrected chi connectivity index (χ3v) is 3.60. The van der Waals surface area contributed by atoms with E-state index in [-0.39, 0.29) is 5.02 Å². The van der Waals surface area contributed by atoms with Crippen LogP contribution in [0.1, 0.15) is 22.1 Å². The first kappa shape index (κ1) is 14.2. The maximum atomic E-state index is 13.3. The Morgan fingerprint density at radius 2 is 1.63 bits per heavy atom. The van der Waals surface area contributed by atoms with Crippen molar-refractivity contribution >= 4 is 23.2 Å². The van der Waals surface area contributed by atoms with Gasteiger partial charge in [-0.3, -0.25) is 0 Å². The summed E-state index contributed by atoms with van der Waals surface area (Å²) < 4.78 is 39.3. The summed E-state index contributed by atoms with van der Waals surface area (Å²) in [6, 6.07) is 6.01. The predicted molar refractivity (Wildman–Crippen MR) is 70.2 cm³/mol. The highest BCUT2D eigenvalue weighted by Crippen LogP contribution is 2.35. The van der Waals surface area contributed by atoms with Crippen LogP contribution in [0.5, 0.6) is 0 Å². The van der Waals surface area contributed by atoms with Gasteiger partial charge in [-0.1, -0.05) is 17.7 Å². The molecule has 100 valence electrons. The van der Waals surface area contributed by atoms with Crippen molar-refractivity contribution < 1.29 is 13.2 Å². The molecule has 0 saturated heterocycles. The zero-order chi connectivity index (χ0) is 14.2. The van der Waals surface area contributed by atoms with Crippen molar-refractivity contribution in [1.82, 2.24) is 0 Å². The Kier molecular flexibility index (Phi) is 4.07. The molecular weight excluding hydrogens is 296 g/mol. The molecule has 0 fully saturated rings. The Bertz CT molecular complexity index is 626. The Morgan fingerprint density at radius 1 is 0.947 bits per heavy atom. The van der Waals surface area contributed by atoms with Crippen molar-refractivity contribution in [2.45, 2.75) is 12.3 Å². The Hall–Kier alpha value is -1.19. The molecule has 5 heteroatoms. The van der Waals surface area contributed by atoms with Crippen molar-refractivity contribution in [3.05, 3.63) is 69.5 Å². The van der Waals surface area contributed by atoms with Gasteiger partial charge in [-0.15, -0.1) is 11.6 Å². The molecule has 1 unspecified atom stereocenters. The fourth-order valence-corrected chi connectivity index (χ4v) is 2.35. The van der Waals surface area contributed by atoms with Gasteiger partial charge in [0, 0.05) is 5.02 Å². The highest BCUT2D eigenvalue weighted by molar-refractivity contribution is 6.33. The van der Waals surface area contributed by atoms with Crippen molar-refractivity contribution in [1.29, 1.82) is 0 Å². The maximum Gasteiger partial charge on any atom is 0.159 e. The number of alkyl halides is 1. The van der Waals surface area contributed by atoms with E-state index >= 15 is 0 Å². The first-order valence-electron chi connectivity index (χ1n) is 5.44. The number of halogens is 5. The minimum Gasteiger partial charge on any atom is -0.207 e. The van der Waals surface area contributed by atoms with Crippen molar-refractivity contribution in [3.8, 4) is 0 Å². The first-order chi connectivity index (χ1) is 8.90. The normalized spacial score (nSPS) is 12.5. The van der Waals surface area contributed by atoms with E-state index in [4.69, 9.17) is 23.2 Å². The summed E-state index contributed by atoms with van der Waals surface area (Å²) in [5.41, 5.74) is 1.19. The third kappa shape index (κ3) is 2.88. The van der Waals surface area contributed by atoms with Crippen LogP contribution in [0.15, 0.2) is 30.3 Å². The van der Waals surface area contributed by atoms with Crippen LogP contribution in [-0.2, 0) is 0 Å². The third-order valence-electron chi connectivity index (χ3n) is 2.79. The standard InChI is InChI=1S/C14H9Cl2F3/c1-7-4-9(10(15)6-12(7)18)14(16)8-2-3-11(17)13(19)5-8/h2-6,14H,1H3. The molecule has 0 aromatic heterocycles. The van der Waals surface area contributed by atoms with E-state index in [1.165, 1.54) is 12.1 Å². The molecule has 0 nitrogen and oxygen atoms in total. The molecule has 2 rings (SSSR count). The predicted octanol–water partition coefficient (Wildman–Crippen LogP) is 5.39. The maximum absolute atomic E-state index is 13.3. The van der Waals surface area contributed by atoms with Gasteiger partial charge >= 0.3 is 0 Å². The number of hydrogen-bond acceptors (Lipinski definition) is 0. The topological polar surface area (TPSA) is 0 Å². The molecular formula is C14H9Cl2F3. The number of hydrogen-bond donors (Lipinski definition) is 0. The van der Waals surface area contributed by atoms with Crippen LogP contribution in [0, 0.1) is 24.4 Å². The first-order valence-corrected chi connectivity index (χ1v) is 6.26. The lowest BCUT2D eigenvalue weighted by atomic mass is 10.0. The lowest BCUT2D eigenvalue weighted by molar-refractivity contribution is 0.507. The van der Waals surface area contributed by atoms with Crippen LogP contribution < -0.4 is 0 Å². The fraction of sp³-hybridized carbons (Fsp3) is 0.143. The number of aryl methyl sites for hydroxylation is 1. The second kappa shape index (κ2) is 5.43. The SMILES string of the molecule is Cc1cc(C(Cl)c2ccc(F)c(F)c2)c(Cl)cc1F. The van der Waals surface area contributed by atoms with E-state index in [9.17, 15) is 13.2 Å². The van der Waals surface area contributed by atoms with E-state index in [2.05, 4.69) is 0 Å². The summed E-state index contributed by atoms with van der Waals surface area (Å²) in [4.78, 5) is 0. The molecule has 0 aliphatic carbocycles. The lowest BCUT2D eigenvalue weighted by Crippen LogP contribution is -1.98. The summed E-state index contributed by atoms with van der Waals surface area (Å²) >= 11 is 12.1. The summed E-state index contributed by atoms with van der Waals surface area (Å²) in [5, 5.41) is -0.630. The van der Waals surface area contributed by atoms with E-state index in [1.54, 1.807) is 6.92 Å². The molecule has 0 heterocycles. The molecule has 1 atom stereocenters. The second-order valence-electron chi connectivity index (χ2n) is 4.16. The smallest absolute Gasteiger partial charge is 0.159 e. The summed E-state index contributed by atoms with van der Waals surface area (Å²) in [6.07, 6.45) is 0. The molecule has 0 aliphatic heterocycles. The Balaban J connectivity index is 2.46. The second-order valence-corrected chi connectivity index (χ2v) is 5.00. The number of rotatable bonds is 2. The van der Waals surface area contributed by atoms with Crippen molar-refractivity contribution in [2.24, 2.45) is 0 Å². The van der Waals surface area contributed by atoms with Gasteiger partial charge in [0.1, 0.15) is 5.82 Å². The van der Waals surface area contributed by atoms with Gasteiger partial charge in [0.15, 0.2) is 11.6 Å². The highest BCUT2D eigenvalue weighted by Gasteiger charge is 2.17. The van der Waals surface area contributed by atoms with Gasteiger partial charge in [0.25, 0.3) is 0 Å². The van der Waals surface area contributed by atoms with Gasteiger partial charge in [-0.2, -0.15) is 0 Å². The van der Waals surface area contributed by atoms with Crippen LogP contribution in [0.25, 0.3) is 0 Å². The number of benzene rings is 2. The van der Waals surface area contributed by atoms with Crippen molar-refractivity contribution in [3.63, 3.8) is 0 Å². The van der Waals surface area contributed by atoms with Gasteiger partial charge in [-0.05, 0) is 47.9 Å². The quantitative estimate of drug-likeness (QED) is 0.652. The summed E-state index contributed by atoms with van der Waals surface area (Å²) in [5.74, 6) is -2.38. The van der Waals surface area contributed by atoms with Gasteiger partial charge in [0.05, 0.1) is 5.38 Å². The zero-order valence-electron chi connectivity index (χ0n) is 9.85. The molecule has 0 spiro atoms. The van der Waals surface area contributed by atoms with E-state index < -0.39 is 22.8 Å². The summed E-state index contributed by atoms with van der Waals surface area (Å²) in [7, 11) is 0. The van der Waals surface area contributed by atoms with Gasteiger partial charge in [0.2, 0.25) is 0 Å². The van der Waals surface area contributed by atoms with Crippen molar-refractivity contribution in [2.75, 3.05) is 0 Å². The monoisotopic (exact) mass is 304 g/mol. The molecule has 0 amide bonds. The average molecular weight is 305 g/mol.